The van der Waals surface area contributed by atoms with Crippen molar-refractivity contribution in [2.45, 2.75) is 64.2 Å². The van der Waals surface area contributed by atoms with Crippen molar-refractivity contribution in [1.29, 1.82) is 0 Å². The van der Waals surface area contributed by atoms with Crippen LogP contribution in [0, 0.1) is 0 Å². The number of nitrogens with one attached hydrogen (secondary N) is 2. The predicted molar refractivity (Wildman–Crippen MR) is 113 cm³/mol. The lowest BCUT2D eigenvalue weighted by Crippen LogP contribution is -2.60. The lowest BCUT2D eigenvalue weighted by atomic mass is 9.79. The summed E-state index contributed by atoms with van der Waals surface area (Å²) in [5.74, 6) is 1.47. The van der Waals surface area contributed by atoms with Crippen molar-refractivity contribution in [2.24, 2.45) is 0 Å². The number of anilines is 3. The largest absolute Gasteiger partial charge is 0.393 e. The van der Waals surface area contributed by atoms with Crippen molar-refractivity contribution in [2.75, 3.05) is 23.0 Å². The van der Waals surface area contributed by atoms with Crippen molar-refractivity contribution in [3.05, 3.63) is 42.2 Å². The number of nitrogens with zero attached hydrogens (tertiary/aromatic N) is 3. The second-order valence-corrected chi connectivity index (χ2v) is 8.94. The molecule has 2 aromatic rings. The molecule has 6 heteroatoms. The number of benzene rings is 1. The molecule has 0 spiro atoms. The average Bonchev–Trinajstić information content (AvgIpc) is 2.54. The highest BCUT2D eigenvalue weighted by Crippen LogP contribution is 2.33. The van der Waals surface area contributed by atoms with Gasteiger partial charge in [0.25, 0.3) is 0 Å². The Balaban J connectivity index is 1.77. The molecule has 146 valence electrons. The normalized spacial score (nSPS) is 18.9. The third-order valence-electron chi connectivity index (χ3n) is 5.02. The van der Waals surface area contributed by atoms with E-state index in [4.69, 9.17) is 5.73 Å². The lowest BCUT2D eigenvalue weighted by molar-refractivity contribution is 0.170. The van der Waals surface area contributed by atoms with Gasteiger partial charge in [0.1, 0.15) is 12.0 Å². The first-order valence-corrected chi connectivity index (χ1v) is 9.57. The summed E-state index contributed by atoms with van der Waals surface area (Å²) in [7, 11) is 2.01. The summed E-state index contributed by atoms with van der Waals surface area (Å²) in [6.45, 7) is 9.71. The van der Waals surface area contributed by atoms with Crippen LogP contribution in [-0.4, -0.2) is 34.1 Å². The third kappa shape index (κ3) is 4.89. The fraction of sp³-hybridized carbons (Fsp3) is 0.524. The Morgan fingerprint density at radius 2 is 1.74 bits per heavy atom. The fourth-order valence-corrected chi connectivity index (χ4v) is 4.36. The minimum absolute atomic E-state index is 0.0636. The summed E-state index contributed by atoms with van der Waals surface area (Å²) in [5, 5.41) is 7.28. The molecule has 0 amide bonds. The number of nitrogen functional groups attached to an aromatic ring is 1. The predicted octanol–water partition coefficient (Wildman–Crippen LogP) is 3.42. The molecule has 6 nitrogen and oxygen atoms in total. The maximum atomic E-state index is 6.45. The van der Waals surface area contributed by atoms with Gasteiger partial charge in [0.15, 0.2) is 11.6 Å². The monoisotopic (exact) mass is 368 g/mol. The van der Waals surface area contributed by atoms with E-state index in [2.05, 4.69) is 65.3 Å². The van der Waals surface area contributed by atoms with E-state index in [0.717, 1.165) is 31.0 Å². The van der Waals surface area contributed by atoms with E-state index >= 15 is 0 Å². The standard InChI is InChI=1S/C21H32N6/c1-20(2)11-16(12-21(3,4)26-20)25-18-17(22)19(24-14-23-18)27(5)13-15-9-7-6-8-10-15/h6-10,14,16,26H,11-13,22H2,1-5H3,(H,23,24,25). The molecule has 1 aromatic carbocycles. The third-order valence-corrected chi connectivity index (χ3v) is 5.02. The number of piperidine rings is 1. The average molecular weight is 369 g/mol. The summed E-state index contributed by atoms with van der Waals surface area (Å²) in [4.78, 5) is 10.9. The number of rotatable bonds is 5. The van der Waals surface area contributed by atoms with Crippen molar-refractivity contribution >= 4 is 17.3 Å². The van der Waals surface area contributed by atoms with Crippen LogP contribution in [0.3, 0.4) is 0 Å². The molecule has 2 heterocycles. The molecule has 27 heavy (non-hydrogen) atoms. The van der Waals surface area contributed by atoms with E-state index in [1.165, 1.54) is 5.56 Å². The molecule has 0 radical (unpaired) electrons. The van der Waals surface area contributed by atoms with Crippen LogP contribution in [0.2, 0.25) is 0 Å². The Morgan fingerprint density at radius 3 is 2.37 bits per heavy atom. The molecule has 1 aliphatic heterocycles. The van der Waals surface area contributed by atoms with Crippen LogP contribution in [-0.2, 0) is 6.54 Å². The maximum absolute atomic E-state index is 6.45. The second-order valence-electron chi connectivity index (χ2n) is 8.94. The molecule has 1 aliphatic rings. The zero-order chi connectivity index (χ0) is 19.7. The first-order chi connectivity index (χ1) is 12.7. The van der Waals surface area contributed by atoms with E-state index in [1.807, 2.05) is 25.2 Å². The van der Waals surface area contributed by atoms with E-state index in [-0.39, 0.29) is 11.1 Å². The number of nitrogens with two attached hydrogens (primary N) is 1. The van der Waals surface area contributed by atoms with Crippen LogP contribution in [0.5, 0.6) is 0 Å². The number of hydrogen-bond donors (Lipinski definition) is 3. The van der Waals surface area contributed by atoms with Gasteiger partial charge in [0, 0.05) is 30.7 Å². The van der Waals surface area contributed by atoms with E-state index in [0.29, 0.717) is 11.7 Å². The van der Waals surface area contributed by atoms with Crippen molar-refractivity contribution in [1.82, 2.24) is 15.3 Å². The summed E-state index contributed by atoms with van der Waals surface area (Å²) in [6.07, 6.45) is 3.61. The molecule has 0 saturated carbocycles. The van der Waals surface area contributed by atoms with Crippen LogP contribution >= 0.6 is 0 Å². The zero-order valence-electron chi connectivity index (χ0n) is 17.1. The second kappa shape index (κ2) is 7.35. The van der Waals surface area contributed by atoms with Gasteiger partial charge in [-0.1, -0.05) is 30.3 Å². The summed E-state index contributed by atoms with van der Waals surface area (Å²) in [6, 6.07) is 10.6. The van der Waals surface area contributed by atoms with Crippen LogP contribution in [0.15, 0.2) is 36.7 Å². The van der Waals surface area contributed by atoms with Gasteiger partial charge in [-0.05, 0) is 46.1 Å². The van der Waals surface area contributed by atoms with E-state index in [9.17, 15) is 0 Å². The molecule has 1 aromatic heterocycles. The SMILES string of the molecule is CN(Cc1ccccc1)c1ncnc(NC2CC(C)(C)NC(C)(C)C2)c1N. The van der Waals surface area contributed by atoms with Gasteiger partial charge in [-0.25, -0.2) is 9.97 Å². The van der Waals surface area contributed by atoms with Crippen molar-refractivity contribution in [3.63, 3.8) is 0 Å². The number of aromatic nitrogens is 2. The van der Waals surface area contributed by atoms with Gasteiger partial charge < -0.3 is 21.3 Å². The first kappa shape index (κ1) is 19.4. The van der Waals surface area contributed by atoms with Gasteiger partial charge in [-0.2, -0.15) is 0 Å². The topological polar surface area (TPSA) is 79.1 Å². The molecule has 1 saturated heterocycles. The number of hydrogen-bond acceptors (Lipinski definition) is 6. The van der Waals surface area contributed by atoms with Crippen LogP contribution in [0.1, 0.15) is 46.1 Å². The highest BCUT2D eigenvalue weighted by atomic mass is 15.2. The lowest BCUT2D eigenvalue weighted by Gasteiger charge is -2.46. The summed E-state index contributed by atoms with van der Waals surface area (Å²) < 4.78 is 0. The van der Waals surface area contributed by atoms with Crippen LogP contribution < -0.4 is 21.3 Å². The van der Waals surface area contributed by atoms with Gasteiger partial charge in [-0.15, -0.1) is 0 Å². The molecular weight excluding hydrogens is 336 g/mol. The molecule has 0 bridgehead atoms. The molecule has 0 unspecified atom stereocenters. The van der Waals surface area contributed by atoms with Gasteiger partial charge in [0.05, 0.1) is 0 Å². The highest BCUT2D eigenvalue weighted by molar-refractivity contribution is 5.75. The Bertz CT molecular complexity index is 755. The van der Waals surface area contributed by atoms with Crippen LogP contribution in [0.25, 0.3) is 0 Å². The van der Waals surface area contributed by atoms with Crippen molar-refractivity contribution < 1.29 is 0 Å². The van der Waals surface area contributed by atoms with Gasteiger partial charge in [-0.3, -0.25) is 0 Å². The molecule has 4 N–H and O–H groups in total. The minimum Gasteiger partial charge on any atom is -0.393 e. The molecular formula is C21H32N6. The first-order valence-electron chi connectivity index (χ1n) is 9.57. The Morgan fingerprint density at radius 1 is 1.11 bits per heavy atom. The minimum atomic E-state index is 0.0636. The van der Waals surface area contributed by atoms with Crippen molar-refractivity contribution in [3.8, 4) is 0 Å². The van der Waals surface area contributed by atoms with Crippen LogP contribution in [0.4, 0.5) is 17.3 Å². The fourth-order valence-electron chi connectivity index (χ4n) is 4.36. The Hall–Kier alpha value is -2.34. The molecule has 3 rings (SSSR count). The zero-order valence-corrected chi connectivity index (χ0v) is 17.1. The Labute approximate surface area is 162 Å². The summed E-state index contributed by atoms with van der Waals surface area (Å²) in [5.41, 5.74) is 8.39. The quantitative estimate of drug-likeness (QED) is 0.750. The van der Waals surface area contributed by atoms with E-state index < -0.39 is 0 Å². The Kier molecular flexibility index (Phi) is 5.29. The molecule has 1 fully saturated rings. The molecule has 0 aliphatic carbocycles. The smallest absolute Gasteiger partial charge is 0.157 e. The van der Waals surface area contributed by atoms with Gasteiger partial charge in [0.2, 0.25) is 0 Å². The highest BCUT2D eigenvalue weighted by Gasteiger charge is 2.38. The molecule has 0 atom stereocenters. The maximum Gasteiger partial charge on any atom is 0.157 e. The van der Waals surface area contributed by atoms with E-state index in [1.54, 1.807) is 6.33 Å². The van der Waals surface area contributed by atoms with Gasteiger partial charge >= 0.3 is 0 Å². The summed E-state index contributed by atoms with van der Waals surface area (Å²) >= 11 is 0.